The first kappa shape index (κ1) is 12.4. The predicted molar refractivity (Wildman–Crippen MR) is 66.5 cm³/mol. The summed E-state index contributed by atoms with van der Waals surface area (Å²) in [5, 5.41) is 0. The van der Waals surface area contributed by atoms with Crippen LogP contribution in [0.1, 0.15) is 31.9 Å². The van der Waals surface area contributed by atoms with E-state index in [1.807, 2.05) is 38.1 Å². The number of para-hydroxylation sites is 1. The van der Waals surface area contributed by atoms with Crippen molar-refractivity contribution in [3.05, 3.63) is 29.8 Å². The summed E-state index contributed by atoms with van der Waals surface area (Å²) in [5.41, 5.74) is 0.536. The van der Waals surface area contributed by atoms with Crippen molar-refractivity contribution >= 4 is 10.0 Å². The molecule has 4 nitrogen and oxygen atoms in total. The molecule has 1 atom stereocenters. The number of ether oxygens (including phenoxy) is 1. The van der Waals surface area contributed by atoms with Gasteiger partial charge in [-0.2, -0.15) is 0 Å². The van der Waals surface area contributed by atoms with Gasteiger partial charge in [0, 0.05) is 12.0 Å². The van der Waals surface area contributed by atoms with Crippen LogP contribution in [0.25, 0.3) is 0 Å². The SMILES string of the molecule is CC1(C)C[C@H](NS(C)(=O)=O)c2ccccc2O1. The molecule has 1 aliphatic rings. The first-order valence-electron chi connectivity index (χ1n) is 5.52. The van der Waals surface area contributed by atoms with Gasteiger partial charge in [-0.3, -0.25) is 0 Å². The highest BCUT2D eigenvalue weighted by Gasteiger charge is 2.34. The van der Waals surface area contributed by atoms with E-state index in [0.717, 1.165) is 11.3 Å². The van der Waals surface area contributed by atoms with E-state index in [1.54, 1.807) is 0 Å². The Balaban J connectivity index is 2.40. The lowest BCUT2D eigenvalue weighted by atomic mass is 9.90. The van der Waals surface area contributed by atoms with Crippen LogP contribution in [0.2, 0.25) is 0 Å². The van der Waals surface area contributed by atoms with Gasteiger partial charge in [0.25, 0.3) is 0 Å². The van der Waals surface area contributed by atoms with Gasteiger partial charge in [0.1, 0.15) is 11.4 Å². The first-order valence-corrected chi connectivity index (χ1v) is 7.41. The molecular weight excluding hydrogens is 238 g/mol. The van der Waals surface area contributed by atoms with E-state index >= 15 is 0 Å². The number of nitrogens with one attached hydrogen (secondary N) is 1. The molecule has 0 aliphatic carbocycles. The second-order valence-corrected chi connectivity index (χ2v) is 6.83. The van der Waals surface area contributed by atoms with Crippen molar-refractivity contribution in [2.24, 2.45) is 0 Å². The summed E-state index contributed by atoms with van der Waals surface area (Å²) in [4.78, 5) is 0. The molecule has 1 aliphatic heterocycles. The standard InChI is InChI=1S/C12H17NO3S/c1-12(2)8-10(13-17(3,14)15)9-6-4-5-7-11(9)16-12/h4-7,10,13H,8H2,1-3H3/t10-/m0/s1. The van der Waals surface area contributed by atoms with E-state index in [2.05, 4.69) is 4.72 Å². The normalized spacial score (nSPS) is 22.6. The minimum absolute atomic E-state index is 0.218. The molecular formula is C12H17NO3S. The van der Waals surface area contributed by atoms with Gasteiger partial charge in [-0.15, -0.1) is 0 Å². The number of rotatable bonds is 2. The number of hydrogen-bond acceptors (Lipinski definition) is 3. The molecule has 17 heavy (non-hydrogen) atoms. The maximum Gasteiger partial charge on any atom is 0.209 e. The lowest BCUT2D eigenvalue weighted by Crippen LogP contribution is -2.40. The topological polar surface area (TPSA) is 55.4 Å². The molecule has 5 heteroatoms. The molecule has 0 fully saturated rings. The molecule has 2 rings (SSSR count). The van der Waals surface area contributed by atoms with Gasteiger partial charge in [0.15, 0.2) is 0 Å². The Bertz CT molecular complexity index is 522. The van der Waals surface area contributed by atoms with E-state index in [-0.39, 0.29) is 11.6 Å². The van der Waals surface area contributed by atoms with Crippen LogP contribution in [0.5, 0.6) is 5.75 Å². The van der Waals surface area contributed by atoms with Crippen LogP contribution in [-0.2, 0) is 10.0 Å². The summed E-state index contributed by atoms with van der Waals surface area (Å²) in [6.07, 6.45) is 1.80. The molecule has 94 valence electrons. The molecule has 0 spiro atoms. The quantitative estimate of drug-likeness (QED) is 0.877. The lowest BCUT2D eigenvalue weighted by molar-refractivity contribution is 0.0702. The highest BCUT2D eigenvalue weighted by molar-refractivity contribution is 7.88. The molecule has 1 N–H and O–H groups in total. The molecule has 1 aromatic rings. The maximum atomic E-state index is 11.4. The number of benzene rings is 1. The molecule has 0 unspecified atom stereocenters. The minimum Gasteiger partial charge on any atom is -0.487 e. The highest BCUT2D eigenvalue weighted by atomic mass is 32.2. The molecule has 0 radical (unpaired) electrons. The van der Waals surface area contributed by atoms with Crippen molar-refractivity contribution < 1.29 is 13.2 Å². The Morgan fingerprint density at radius 1 is 1.35 bits per heavy atom. The first-order chi connectivity index (χ1) is 7.77. The third kappa shape index (κ3) is 2.98. The third-order valence-corrected chi connectivity index (χ3v) is 3.45. The molecule has 0 aromatic heterocycles. The van der Waals surface area contributed by atoms with Gasteiger partial charge >= 0.3 is 0 Å². The van der Waals surface area contributed by atoms with Gasteiger partial charge in [-0.1, -0.05) is 18.2 Å². The van der Waals surface area contributed by atoms with Crippen LogP contribution in [0.15, 0.2) is 24.3 Å². The lowest BCUT2D eigenvalue weighted by Gasteiger charge is -2.37. The fourth-order valence-electron chi connectivity index (χ4n) is 2.17. The van der Waals surface area contributed by atoms with Gasteiger partial charge in [-0.05, 0) is 19.9 Å². The largest absolute Gasteiger partial charge is 0.487 e. The van der Waals surface area contributed by atoms with E-state index in [9.17, 15) is 8.42 Å². The van der Waals surface area contributed by atoms with E-state index in [1.165, 1.54) is 6.26 Å². The van der Waals surface area contributed by atoms with Gasteiger partial charge in [0.2, 0.25) is 10.0 Å². The summed E-state index contributed by atoms with van der Waals surface area (Å²) in [6, 6.07) is 7.32. The van der Waals surface area contributed by atoms with Crippen LogP contribution in [0, 0.1) is 0 Å². The summed E-state index contributed by atoms with van der Waals surface area (Å²) in [5.74, 6) is 0.755. The van der Waals surface area contributed by atoms with Crippen molar-refractivity contribution in [3.8, 4) is 5.75 Å². The zero-order chi connectivity index (χ0) is 12.7. The van der Waals surface area contributed by atoms with Crippen LogP contribution in [0.3, 0.4) is 0 Å². The van der Waals surface area contributed by atoms with Crippen molar-refractivity contribution in [2.45, 2.75) is 31.9 Å². The fraction of sp³-hybridized carbons (Fsp3) is 0.500. The second kappa shape index (κ2) is 3.99. The Labute approximate surface area is 102 Å². The summed E-state index contributed by atoms with van der Waals surface area (Å²) in [7, 11) is -3.22. The highest BCUT2D eigenvalue weighted by Crippen LogP contribution is 2.39. The molecule has 0 saturated carbocycles. The van der Waals surface area contributed by atoms with Crippen LogP contribution < -0.4 is 9.46 Å². The van der Waals surface area contributed by atoms with E-state index < -0.39 is 10.0 Å². The Morgan fingerprint density at radius 2 is 2.00 bits per heavy atom. The molecule has 0 saturated heterocycles. The number of fused-ring (bicyclic) bond motifs is 1. The second-order valence-electron chi connectivity index (χ2n) is 5.05. The Kier molecular flexibility index (Phi) is 2.91. The minimum atomic E-state index is -3.22. The third-order valence-electron chi connectivity index (χ3n) is 2.73. The predicted octanol–water partition coefficient (Wildman–Crippen LogP) is 1.84. The fourth-order valence-corrected chi connectivity index (χ4v) is 2.89. The van der Waals surface area contributed by atoms with Gasteiger partial charge in [-0.25, -0.2) is 13.1 Å². The van der Waals surface area contributed by atoms with E-state index in [4.69, 9.17) is 4.74 Å². The molecule has 1 heterocycles. The van der Waals surface area contributed by atoms with Crippen molar-refractivity contribution in [1.82, 2.24) is 4.72 Å². The summed E-state index contributed by atoms with van der Waals surface area (Å²) >= 11 is 0. The van der Waals surface area contributed by atoms with E-state index in [0.29, 0.717) is 6.42 Å². The maximum absolute atomic E-state index is 11.4. The number of hydrogen-bond donors (Lipinski definition) is 1. The zero-order valence-corrected chi connectivity index (χ0v) is 11.0. The Morgan fingerprint density at radius 3 is 2.65 bits per heavy atom. The smallest absolute Gasteiger partial charge is 0.209 e. The zero-order valence-electron chi connectivity index (χ0n) is 10.2. The van der Waals surface area contributed by atoms with Gasteiger partial charge < -0.3 is 4.74 Å². The van der Waals surface area contributed by atoms with Crippen LogP contribution >= 0.6 is 0 Å². The average molecular weight is 255 g/mol. The van der Waals surface area contributed by atoms with Crippen LogP contribution in [-0.4, -0.2) is 20.3 Å². The summed E-state index contributed by atoms with van der Waals surface area (Å²) in [6.45, 7) is 3.92. The van der Waals surface area contributed by atoms with Crippen molar-refractivity contribution in [1.29, 1.82) is 0 Å². The van der Waals surface area contributed by atoms with Crippen molar-refractivity contribution in [2.75, 3.05) is 6.26 Å². The number of sulfonamides is 1. The van der Waals surface area contributed by atoms with Crippen molar-refractivity contribution in [3.63, 3.8) is 0 Å². The summed E-state index contributed by atoms with van der Waals surface area (Å²) < 4.78 is 31.2. The average Bonchev–Trinajstić information content (AvgIpc) is 2.13. The van der Waals surface area contributed by atoms with Crippen LogP contribution in [0.4, 0.5) is 0 Å². The van der Waals surface area contributed by atoms with Gasteiger partial charge in [0.05, 0.1) is 12.3 Å². The Hall–Kier alpha value is -1.07. The molecule has 0 bridgehead atoms. The molecule has 0 amide bonds. The molecule has 1 aromatic carbocycles. The monoisotopic (exact) mass is 255 g/mol.